The topological polar surface area (TPSA) is 178 Å². The number of allylic oxidation sites excluding steroid dienone is 6. The van der Waals surface area contributed by atoms with Crippen LogP contribution in [0, 0.1) is 0 Å². The van der Waals surface area contributed by atoms with Crippen molar-refractivity contribution >= 4 is 16.4 Å². The molecule has 370 valence electrons. The van der Waals surface area contributed by atoms with E-state index in [1.165, 1.54) is 128 Å². The van der Waals surface area contributed by atoms with Crippen LogP contribution in [0.25, 0.3) is 0 Å². The summed E-state index contributed by atoms with van der Waals surface area (Å²) in [5, 5.41) is 30.7. The Kier molecular flexibility index (Phi) is 39.3. The molecule has 1 heterocycles. The molecule has 1 aliphatic heterocycles. The number of carbonyl (C=O) groups is 1. The maximum atomic E-state index is 12.9. The van der Waals surface area contributed by atoms with Crippen molar-refractivity contribution in [2.75, 3.05) is 26.4 Å². The normalized spacial score (nSPS) is 20.1. The summed E-state index contributed by atoms with van der Waals surface area (Å²) in [5.41, 5.74) is 0. The number of aliphatic hydroxyl groups excluding tert-OH is 3. The Bertz CT molecular complexity index is 1240. The van der Waals surface area contributed by atoms with Gasteiger partial charge in [-0.05, 0) is 70.6 Å². The minimum atomic E-state index is -5.06. The van der Waals surface area contributed by atoms with Crippen molar-refractivity contribution in [3.05, 3.63) is 36.5 Å². The predicted molar refractivity (Wildman–Crippen MR) is 253 cm³/mol. The molecule has 6 unspecified atom stereocenters. The Morgan fingerprint density at radius 3 is 1.56 bits per heavy atom. The van der Waals surface area contributed by atoms with E-state index < -0.39 is 59.8 Å². The summed E-state index contributed by atoms with van der Waals surface area (Å²) in [4.78, 5) is 12.9. The highest BCUT2D eigenvalue weighted by atomic mass is 32.3. The molecule has 0 saturated carbocycles. The zero-order valence-electron chi connectivity index (χ0n) is 39.6. The average Bonchev–Trinajstić information content (AvgIpc) is 3.26. The van der Waals surface area contributed by atoms with E-state index in [2.05, 4.69) is 54.5 Å². The number of carbonyl (C=O) groups excluding carboxylic acids is 1. The number of rotatable bonds is 44. The smallest absolute Gasteiger partial charge is 0.397 e. The number of hydrogen-bond acceptors (Lipinski definition) is 11. The van der Waals surface area contributed by atoms with Gasteiger partial charge in [0.1, 0.15) is 30.5 Å². The Balaban J connectivity index is 2.38. The highest BCUT2D eigenvalue weighted by molar-refractivity contribution is 7.80. The third kappa shape index (κ3) is 35.2. The van der Waals surface area contributed by atoms with Gasteiger partial charge in [-0.1, -0.05) is 172 Å². The van der Waals surface area contributed by atoms with Crippen molar-refractivity contribution in [3.63, 3.8) is 0 Å². The minimum absolute atomic E-state index is 0.0313. The summed E-state index contributed by atoms with van der Waals surface area (Å²) in [6.45, 7) is 3.97. The van der Waals surface area contributed by atoms with E-state index in [1.807, 2.05) is 0 Å². The zero-order chi connectivity index (χ0) is 46.1. The molecule has 1 rings (SSSR count). The van der Waals surface area contributed by atoms with Crippen LogP contribution in [0.5, 0.6) is 0 Å². The molecule has 1 aliphatic rings. The van der Waals surface area contributed by atoms with E-state index in [0.29, 0.717) is 13.0 Å². The van der Waals surface area contributed by atoms with E-state index in [4.69, 9.17) is 18.9 Å². The molecule has 4 N–H and O–H groups in total. The van der Waals surface area contributed by atoms with Crippen LogP contribution in [0.3, 0.4) is 0 Å². The third-order valence-electron chi connectivity index (χ3n) is 11.5. The van der Waals surface area contributed by atoms with Crippen LogP contribution in [0.15, 0.2) is 36.5 Å². The zero-order valence-corrected chi connectivity index (χ0v) is 40.5. The van der Waals surface area contributed by atoms with Crippen molar-refractivity contribution < 1.29 is 56.2 Å². The minimum Gasteiger partial charge on any atom is -0.457 e. The maximum absolute atomic E-state index is 12.9. The predicted octanol–water partition coefficient (Wildman–Crippen LogP) is 11.4. The summed E-state index contributed by atoms with van der Waals surface area (Å²) in [6, 6.07) is 0. The quantitative estimate of drug-likeness (QED) is 0.0197. The first-order valence-corrected chi connectivity index (χ1v) is 26.6. The lowest BCUT2D eigenvalue weighted by Gasteiger charge is -2.41. The number of esters is 1. The fourth-order valence-corrected chi connectivity index (χ4v) is 8.15. The van der Waals surface area contributed by atoms with Gasteiger partial charge in [-0.15, -0.1) is 0 Å². The summed E-state index contributed by atoms with van der Waals surface area (Å²) in [6.07, 6.45) is 40.2. The largest absolute Gasteiger partial charge is 0.457 e. The molecule has 0 spiro atoms. The van der Waals surface area contributed by atoms with Crippen molar-refractivity contribution in [3.8, 4) is 0 Å². The van der Waals surface area contributed by atoms with E-state index in [1.54, 1.807) is 0 Å². The third-order valence-corrected chi connectivity index (χ3v) is 12.0. The Morgan fingerprint density at radius 2 is 1.05 bits per heavy atom. The number of ether oxygens (including phenoxy) is 4. The van der Waals surface area contributed by atoms with E-state index in [9.17, 15) is 33.1 Å². The van der Waals surface area contributed by atoms with Crippen molar-refractivity contribution in [2.24, 2.45) is 0 Å². The number of unbranched alkanes of at least 4 members (excludes halogenated alkanes) is 25. The molecule has 6 atom stereocenters. The molecule has 0 aromatic carbocycles. The highest BCUT2D eigenvalue weighted by Crippen LogP contribution is 2.26. The molecule has 0 aliphatic carbocycles. The second-order valence-electron chi connectivity index (χ2n) is 17.4. The molecular formula is C50H92O12S. The van der Waals surface area contributed by atoms with E-state index in [-0.39, 0.29) is 19.6 Å². The first-order chi connectivity index (χ1) is 30.6. The van der Waals surface area contributed by atoms with Gasteiger partial charge in [0.15, 0.2) is 6.29 Å². The molecule has 0 aromatic heterocycles. The van der Waals surface area contributed by atoms with Gasteiger partial charge in [0.25, 0.3) is 0 Å². The fraction of sp³-hybridized carbons (Fsp3) is 0.860. The fourth-order valence-electron chi connectivity index (χ4n) is 7.64. The van der Waals surface area contributed by atoms with Crippen molar-refractivity contribution in [1.82, 2.24) is 0 Å². The lowest BCUT2D eigenvalue weighted by Crippen LogP contribution is -2.60. The number of aliphatic hydroxyl groups is 3. The molecule has 12 nitrogen and oxygen atoms in total. The number of hydrogen-bond donors (Lipinski definition) is 4. The summed E-state index contributed by atoms with van der Waals surface area (Å²) in [5.74, 6) is -0.404. The van der Waals surface area contributed by atoms with E-state index >= 15 is 0 Å². The van der Waals surface area contributed by atoms with Gasteiger partial charge in [-0.25, -0.2) is 4.18 Å². The molecule has 0 aromatic rings. The molecule has 0 amide bonds. The van der Waals surface area contributed by atoms with Gasteiger partial charge in [0.2, 0.25) is 0 Å². The van der Waals surface area contributed by atoms with Crippen LogP contribution in [-0.2, 0) is 38.3 Å². The second kappa shape index (κ2) is 41.7. The average molecular weight is 917 g/mol. The lowest BCUT2D eigenvalue weighted by atomic mass is 9.99. The van der Waals surface area contributed by atoms with Crippen LogP contribution in [0.1, 0.15) is 213 Å². The summed E-state index contributed by atoms with van der Waals surface area (Å²) < 4.78 is 59.2. The summed E-state index contributed by atoms with van der Waals surface area (Å²) >= 11 is 0. The first-order valence-electron chi connectivity index (χ1n) is 25.2. The van der Waals surface area contributed by atoms with Crippen LogP contribution >= 0.6 is 0 Å². The van der Waals surface area contributed by atoms with Gasteiger partial charge in [-0.3, -0.25) is 9.35 Å². The Hall–Kier alpha value is -1.68. The van der Waals surface area contributed by atoms with Gasteiger partial charge in [-0.2, -0.15) is 8.42 Å². The standard InChI is InChI=1S/C50H92O12S/c1-3-5-7-9-11-13-15-17-19-21-23-25-27-29-31-33-35-37-39-46(52)60-44(43-59-50-48(54)49(62-63(55,56)57)47(53)45(41-51)61-50)42-58-40-38-36-34-32-30-28-26-24-22-20-18-16-14-12-10-8-6-4-2/h12,14,18-21,44-45,47-51,53-54H,3-11,13,15-17,22-43H2,1-2H3,(H,55,56,57)/b14-12-,20-18-,21-19-. The maximum Gasteiger partial charge on any atom is 0.397 e. The first kappa shape index (κ1) is 59.3. The highest BCUT2D eigenvalue weighted by Gasteiger charge is 2.48. The monoisotopic (exact) mass is 917 g/mol. The molecule has 0 radical (unpaired) electrons. The lowest BCUT2D eigenvalue weighted by molar-refractivity contribution is -0.301. The molecule has 1 fully saturated rings. The van der Waals surface area contributed by atoms with Gasteiger partial charge in [0, 0.05) is 13.0 Å². The van der Waals surface area contributed by atoms with Crippen LogP contribution < -0.4 is 0 Å². The van der Waals surface area contributed by atoms with Gasteiger partial charge in [0.05, 0.1) is 19.8 Å². The SMILES string of the molecule is CCCCC/C=C\C/C=C\CCCCCCCCCCOCC(COC1OC(CO)C(O)C(OS(=O)(=O)O)C1O)OC(=O)CCCCCCCCC/C=C\CCCCCCCCC. The van der Waals surface area contributed by atoms with Crippen LogP contribution in [-0.4, -0.2) is 97.5 Å². The van der Waals surface area contributed by atoms with Crippen LogP contribution in [0.2, 0.25) is 0 Å². The van der Waals surface area contributed by atoms with Crippen molar-refractivity contribution in [2.45, 2.75) is 250 Å². The summed E-state index contributed by atoms with van der Waals surface area (Å²) in [7, 11) is -5.06. The Labute approximate surface area is 383 Å². The molecular weight excluding hydrogens is 825 g/mol. The van der Waals surface area contributed by atoms with E-state index in [0.717, 1.165) is 57.8 Å². The second-order valence-corrected chi connectivity index (χ2v) is 18.4. The molecule has 1 saturated heterocycles. The van der Waals surface area contributed by atoms with Crippen LogP contribution in [0.4, 0.5) is 0 Å². The molecule has 63 heavy (non-hydrogen) atoms. The van der Waals surface area contributed by atoms with Gasteiger partial charge < -0.3 is 34.3 Å². The van der Waals surface area contributed by atoms with Crippen molar-refractivity contribution in [1.29, 1.82) is 0 Å². The molecule has 0 bridgehead atoms. The molecule has 13 heteroatoms. The van der Waals surface area contributed by atoms with Gasteiger partial charge >= 0.3 is 16.4 Å². The Morgan fingerprint density at radius 1 is 0.603 bits per heavy atom.